The number of hydrogen-bond donors (Lipinski definition) is 2. The van der Waals surface area contributed by atoms with Crippen molar-refractivity contribution in [1.29, 1.82) is 0 Å². The molecule has 1 atom stereocenters. The van der Waals surface area contributed by atoms with Crippen LogP contribution in [0, 0.1) is 0 Å². The van der Waals surface area contributed by atoms with Crippen LogP contribution in [0.15, 0.2) is 48.5 Å². The van der Waals surface area contributed by atoms with Crippen LogP contribution in [-0.2, 0) is 6.54 Å². The number of rotatable bonds is 4. The zero-order valence-corrected chi connectivity index (χ0v) is 11.4. The first-order chi connectivity index (χ1) is 9.06. The molecule has 2 aromatic carbocycles. The van der Waals surface area contributed by atoms with E-state index in [1.807, 2.05) is 30.3 Å². The largest absolute Gasteiger partial charge is 0.508 e. The Bertz CT molecular complexity index is 554. The predicted octanol–water partition coefficient (Wildman–Crippen LogP) is 3.17. The van der Waals surface area contributed by atoms with E-state index < -0.39 is 0 Å². The monoisotopic (exact) mass is 256 g/mol. The highest BCUT2D eigenvalue weighted by molar-refractivity contribution is 5.40. The van der Waals surface area contributed by atoms with Gasteiger partial charge in [-0.05, 0) is 49.4 Å². The second-order valence-corrected chi connectivity index (χ2v) is 4.93. The van der Waals surface area contributed by atoms with Gasteiger partial charge >= 0.3 is 0 Å². The van der Waals surface area contributed by atoms with E-state index in [0.717, 1.165) is 17.8 Å². The van der Waals surface area contributed by atoms with Crippen LogP contribution in [0.25, 0.3) is 0 Å². The normalized spacial score (nSPS) is 12.6. The molecule has 0 amide bonds. The molecule has 0 aliphatic heterocycles. The third-order valence-corrected chi connectivity index (χ3v) is 3.40. The molecule has 0 heterocycles. The molecule has 0 bridgehead atoms. The Kier molecular flexibility index (Phi) is 4.07. The van der Waals surface area contributed by atoms with E-state index in [1.165, 1.54) is 5.56 Å². The zero-order valence-electron chi connectivity index (χ0n) is 11.4. The topological polar surface area (TPSA) is 49.5 Å². The summed E-state index contributed by atoms with van der Waals surface area (Å²) in [4.78, 5) is 2.23. The summed E-state index contributed by atoms with van der Waals surface area (Å²) in [7, 11) is 2.07. The van der Waals surface area contributed by atoms with E-state index in [9.17, 15) is 5.11 Å². The molecule has 0 spiro atoms. The smallest absolute Gasteiger partial charge is 0.115 e. The van der Waals surface area contributed by atoms with Crippen LogP contribution in [0.2, 0.25) is 0 Å². The van der Waals surface area contributed by atoms with Gasteiger partial charge in [-0.25, -0.2) is 0 Å². The Hall–Kier alpha value is -2.00. The van der Waals surface area contributed by atoms with Crippen molar-refractivity contribution in [2.75, 3.05) is 12.8 Å². The Labute approximate surface area is 114 Å². The fraction of sp³-hybridized carbons (Fsp3) is 0.250. The Balaban J connectivity index is 2.09. The van der Waals surface area contributed by atoms with Crippen molar-refractivity contribution in [1.82, 2.24) is 4.90 Å². The van der Waals surface area contributed by atoms with Gasteiger partial charge in [-0.15, -0.1) is 0 Å². The highest BCUT2D eigenvalue weighted by Gasteiger charge is 2.12. The van der Waals surface area contributed by atoms with Crippen molar-refractivity contribution in [2.24, 2.45) is 0 Å². The number of phenols is 1. The molecule has 0 aromatic heterocycles. The maximum atomic E-state index is 9.53. The molecule has 100 valence electrons. The summed E-state index contributed by atoms with van der Waals surface area (Å²) < 4.78 is 0. The quantitative estimate of drug-likeness (QED) is 0.826. The summed E-state index contributed by atoms with van der Waals surface area (Å²) >= 11 is 0. The number of nitrogens with two attached hydrogens (primary N) is 1. The molecule has 19 heavy (non-hydrogen) atoms. The minimum absolute atomic E-state index is 0.230. The van der Waals surface area contributed by atoms with Gasteiger partial charge in [0, 0.05) is 18.3 Å². The van der Waals surface area contributed by atoms with Crippen molar-refractivity contribution in [3.63, 3.8) is 0 Å². The number of nitrogen functional groups attached to an aromatic ring is 1. The van der Waals surface area contributed by atoms with Crippen LogP contribution >= 0.6 is 0 Å². The highest BCUT2D eigenvalue weighted by Crippen LogP contribution is 2.23. The Morgan fingerprint density at radius 2 is 1.89 bits per heavy atom. The number of hydrogen-bond acceptors (Lipinski definition) is 3. The summed E-state index contributed by atoms with van der Waals surface area (Å²) in [5.74, 6) is 0.307. The number of nitrogens with zero attached hydrogens (tertiary/aromatic N) is 1. The molecule has 3 heteroatoms. The SMILES string of the molecule is CC(c1cccc(O)c1)N(C)Cc1cccc(N)c1. The van der Waals surface area contributed by atoms with Crippen molar-refractivity contribution >= 4 is 5.69 Å². The van der Waals surface area contributed by atoms with E-state index in [2.05, 4.69) is 24.9 Å². The highest BCUT2D eigenvalue weighted by atomic mass is 16.3. The van der Waals surface area contributed by atoms with Gasteiger partial charge in [-0.2, -0.15) is 0 Å². The average molecular weight is 256 g/mol. The first-order valence-corrected chi connectivity index (χ1v) is 6.40. The van der Waals surface area contributed by atoms with Gasteiger partial charge in [0.25, 0.3) is 0 Å². The summed E-state index contributed by atoms with van der Waals surface area (Å²) in [6.07, 6.45) is 0. The van der Waals surface area contributed by atoms with E-state index >= 15 is 0 Å². The van der Waals surface area contributed by atoms with Crippen LogP contribution in [0.4, 0.5) is 5.69 Å². The van der Waals surface area contributed by atoms with Crippen LogP contribution in [0.1, 0.15) is 24.1 Å². The minimum Gasteiger partial charge on any atom is -0.508 e. The van der Waals surface area contributed by atoms with E-state index in [0.29, 0.717) is 5.75 Å². The summed E-state index contributed by atoms with van der Waals surface area (Å²) in [6.45, 7) is 2.95. The van der Waals surface area contributed by atoms with Crippen LogP contribution < -0.4 is 5.73 Å². The number of aromatic hydroxyl groups is 1. The van der Waals surface area contributed by atoms with Crippen LogP contribution in [-0.4, -0.2) is 17.1 Å². The first-order valence-electron chi connectivity index (χ1n) is 6.40. The minimum atomic E-state index is 0.230. The zero-order chi connectivity index (χ0) is 13.8. The fourth-order valence-corrected chi connectivity index (χ4v) is 2.16. The van der Waals surface area contributed by atoms with Gasteiger partial charge in [0.2, 0.25) is 0 Å². The standard InChI is InChI=1S/C16H20N2O/c1-12(14-6-4-8-16(19)10-14)18(2)11-13-5-3-7-15(17)9-13/h3-10,12,19H,11,17H2,1-2H3. The van der Waals surface area contributed by atoms with Gasteiger partial charge in [-0.3, -0.25) is 4.90 Å². The fourth-order valence-electron chi connectivity index (χ4n) is 2.16. The third kappa shape index (κ3) is 3.48. The molecule has 0 radical (unpaired) electrons. The van der Waals surface area contributed by atoms with Crippen molar-refractivity contribution in [3.05, 3.63) is 59.7 Å². The molecular formula is C16H20N2O. The summed E-state index contributed by atoms with van der Waals surface area (Å²) in [5.41, 5.74) is 8.87. The molecule has 1 unspecified atom stereocenters. The summed E-state index contributed by atoms with van der Waals surface area (Å²) in [6, 6.07) is 15.5. The Morgan fingerprint density at radius 1 is 1.16 bits per heavy atom. The van der Waals surface area contributed by atoms with Crippen molar-refractivity contribution < 1.29 is 5.11 Å². The number of phenolic OH excluding ortho intramolecular Hbond substituents is 1. The van der Waals surface area contributed by atoms with Gasteiger partial charge < -0.3 is 10.8 Å². The maximum absolute atomic E-state index is 9.53. The number of anilines is 1. The van der Waals surface area contributed by atoms with Crippen LogP contribution in [0.5, 0.6) is 5.75 Å². The lowest BCUT2D eigenvalue weighted by Crippen LogP contribution is -2.21. The predicted molar refractivity (Wildman–Crippen MR) is 78.8 cm³/mol. The van der Waals surface area contributed by atoms with Gasteiger partial charge in [0.05, 0.1) is 0 Å². The van der Waals surface area contributed by atoms with Crippen LogP contribution in [0.3, 0.4) is 0 Å². The van der Waals surface area contributed by atoms with Crippen molar-refractivity contribution in [2.45, 2.75) is 19.5 Å². The van der Waals surface area contributed by atoms with E-state index in [4.69, 9.17) is 5.73 Å². The van der Waals surface area contributed by atoms with Gasteiger partial charge in [0.1, 0.15) is 5.75 Å². The first kappa shape index (κ1) is 13.4. The molecule has 0 fully saturated rings. The average Bonchev–Trinajstić information content (AvgIpc) is 2.38. The van der Waals surface area contributed by atoms with Gasteiger partial charge in [-0.1, -0.05) is 24.3 Å². The molecular weight excluding hydrogens is 236 g/mol. The van der Waals surface area contributed by atoms with E-state index in [-0.39, 0.29) is 6.04 Å². The molecule has 0 saturated heterocycles. The lowest BCUT2D eigenvalue weighted by molar-refractivity contribution is 0.252. The van der Waals surface area contributed by atoms with Gasteiger partial charge in [0.15, 0.2) is 0 Å². The second-order valence-electron chi connectivity index (χ2n) is 4.93. The lowest BCUT2D eigenvalue weighted by Gasteiger charge is -2.25. The third-order valence-electron chi connectivity index (χ3n) is 3.40. The maximum Gasteiger partial charge on any atom is 0.115 e. The molecule has 0 aliphatic carbocycles. The molecule has 2 rings (SSSR count). The van der Waals surface area contributed by atoms with E-state index in [1.54, 1.807) is 12.1 Å². The van der Waals surface area contributed by atoms with Crippen molar-refractivity contribution in [3.8, 4) is 5.75 Å². The molecule has 0 aliphatic rings. The lowest BCUT2D eigenvalue weighted by atomic mass is 10.1. The molecule has 3 N–H and O–H groups in total. The molecule has 2 aromatic rings. The number of benzene rings is 2. The molecule has 3 nitrogen and oxygen atoms in total. The summed E-state index contributed by atoms with van der Waals surface area (Å²) in [5, 5.41) is 9.53. The molecule has 0 saturated carbocycles. The Morgan fingerprint density at radius 3 is 2.58 bits per heavy atom. The second kappa shape index (κ2) is 5.76.